The maximum Gasteiger partial charge on any atom is 0.328 e. The Morgan fingerprint density at radius 2 is 2.06 bits per heavy atom. The van der Waals surface area contributed by atoms with E-state index in [0.29, 0.717) is 18.7 Å². The standard InChI is InChI=1S/C11H12N2O4/c1-12-6-7-17-11(14)10(12)8-2-4-9(5-3-8)13(15)16/h2-5,10H,6-7H2,1H3. The summed E-state index contributed by atoms with van der Waals surface area (Å²) in [6.45, 7) is 1.05. The maximum absolute atomic E-state index is 11.6. The third kappa shape index (κ3) is 2.26. The second-order valence-corrected chi connectivity index (χ2v) is 3.90. The molecule has 90 valence electrons. The van der Waals surface area contributed by atoms with Crippen LogP contribution >= 0.6 is 0 Å². The SMILES string of the molecule is CN1CCOC(=O)C1c1ccc([N+](=O)[O-])cc1. The maximum atomic E-state index is 11.6. The van der Waals surface area contributed by atoms with E-state index in [2.05, 4.69) is 0 Å². The van der Waals surface area contributed by atoms with E-state index in [1.807, 2.05) is 11.9 Å². The van der Waals surface area contributed by atoms with E-state index < -0.39 is 11.0 Å². The summed E-state index contributed by atoms with van der Waals surface area (Å²) in [5.41, 5.74) is 0.725. The second kappa shape index (κ2) is 4.50. The van der Waals surface area contributed by atoms with Gasteiger partial charge in [-0.05, 0) is 12.6 Å². The predicted molar refractivity (Wildman–Crippen MR) is 59.4 cm³/mol. The van der Waals surface area contributed by atoms with Crippen LogP contribution in [0.25, 0.3) is 0 Å². The number of morpholine rings is 1. The topological polar surface area (TPSA) is 72.7 Å². The number of nitrogens with zero attached hydrogens (tertiary/aromatic N) is 2. The lowest BCUT2D eigenvalue weighted by molar-refractivity contribution is -0.384. The van der Waals surface area contributed by atoms with Gasteiger partial charge < -0.3 is 4.74 Å². The molecule has 6 nitrogen and oxygen atoms in total. The first kappa shape index (κ1) is 11.5. The van der Waals surface area contributed by atoms with E-state index in [1.165, 1.54) is 12.1 Å². The number of likely N-dealkylation sites (N-methyl/N-ethyl adjacent to an activating group) is 1. The summed E-state index contributed by atoms with van der Waals surface area (Å²) in [6, 6.07) is 5.50. The lowest BCUT2D eigenvalue weighted by Gasteiger charge is -2.30. The number of hydrogen-bond acceptors (Lipinski definition) is 5. The predicted octanol–water partition coefficient (Wildman–Crippen LogP) is 1.12. The van der Waals surface area contributed by atoms with Gasteiger partial charge in [0.2, 0.25) is 0 Å². The highest BCUT2D eigenvalue weighted by Crippen LogP contribution is 2.25. The molecule has 0 N–H and O–H groups in total. The third-order valence-electron chi connectivity index (χ3n) is 2.77. The lowest BCUT2D eigenvalue weighted by Crippen LogP contribution is -2.40. The van der Waals surface area contributed by atoms with Crippen LogP contribution in [0.2, 0.25) is 0 Å². The number of rotatable bonds is 2. The van der Waals surface area contributed by atoms with Crippen LogP contribution in [0.15, 0.2) is 24.3 Å². The van der Waals surface area contributed by atoms with Gasteiger partial charge in [0.05, 0.1) is 4.92 Å². The van der Waals surface area contributed by atoms with Crippen LogP contribution in [0, 0.1) is 10.1 Å². The summed E-state index contributed by atoms with van der Waals surface area (Å²) >= 11 is 0. The van der Waals surface area contributed by atoms with Gasteiger partial charge in [-0.2, -0.15) is 0 Å². The van der Waals surface area contributed by atoms with Gasteiger partial charge in [0, 0.05) is 18.7 Å². The van der Waals surface area contributed by atoms with Crippen molar-refractivity contribution in [3.8, 4) is 0 Å². The molecule has 1 heterocycles. The Balaban J connectivity index is 2.26. The molecule has 0 bridgehead atoms. The molecule has 1 atom stereocenters. The van der Waals surface area contributed by atoms with Crippen molar-refractivity contribution in [2.75, 3.05) is 20.2 Å². The zero-order chi connectivity index (χ0) is 12.4. The number of nitro benzene ring substituents is 1. The van der Waals surface area contributed by atoms with Gasteiger partial charge in [0.15, 0.2) is 0 Å². The largest absolute Gasteiger partial charge is 0.463 e. The number of non-ortho nitro benzene ring substituents is 1. The summed E-state index contributed by atoms with van der Waals surface area (Å²) in [4.78, 5) is 23.5. The van der Waals surface area contributed by atoms with E-state index >= 15 is 0 Å². The molecule has 1 fully saturated rings. The molecule has 17 heavy (non-hydrogen) atoms. The van der Waals surface area contributed by atoms with Crippen molar-refractivity contribution in [2.24, 2.45) is 0 Å². The van der Waals surface area contributed by atoms with Gasteiger partial charge in [0.1, 0.15) is 12.6 Å². The number of nitro groups is 1. The van der Waals surface area contributed by atoms with Gasteiger partial charge in [-0.1, -0.05) is 12.1 Å². The molecule has 1 aromatic carbocycles. The molecule has 0 radical (unpaired) electrons. The fourth-order valence-electron chi connectivity index (χ4n) is 1.85. The highest BCUT2D eigenvalue weighted by Gasteiger charge is 2.30. The molecule has 0 aromatic heterocycles. The number of carbonyl (C=O) groups excluding carboxylic acids is 1. The summed E-state index contributed by atoms with van der Waals surface area (Å²) in [5.74, 6) is -0.312. The number of benzene rings is 1. The highest BCUT2D eigenvalue weighted by atomic mass is 16.6. The summed E-state index contributed by atoms with van der Waals surface area (Å²) in [5, 5.41) is 10.5. The first-order chi connectivity index (χ1) is 8.09. The quantitative estimate of drug-likeness (QED) is 0.437. The lowest BCUT2D eigenvalue weighted by atomic mass is 10.0. The first-order valence-electron chi connectivity index (χ1n) is 5.21. The molecule has 6 heteroatoms. The molecular formula is C11H12N2O4. The molecule has 0 spiro atoms. The zero-order valence-electron chi connectivity index (χ0n) is 9.33. The van der Waals surface area contributed by atoms with Crippen molar-refractivity contribution in [3.05, 3.63) is 39.9 Å². The van der Waals surface area contributed by atoms with Crippen molar-refractivity contribution in [3.63, 3.8) is 0 Å². The number of cyclic esters (lactones) is 1. The Hall–Kier alpha value is -1.95. The minimum atomic E-state index is -0.468. The second-order valence-electron chi connectivity index (χ2n) is 3.90. The molecule has 1 aliphatic heterocycles. The van der Waals surface area contributed by atoms with Gasteiger partial charge in [-0.3, -0.25) is 15.0 Å². The fourth-order valence-corrected chi connectivity index (χ4v) is 1.85. The monoisotopic (exact) mass is 236 g/mol. The van der Waals surface area contributed by atoms with Crippen molar-refractivity contribution >= 4 is 11.7 Å². The Bertz CT molecular complexity index is 443. The molecule has 0 saturated carbocycles. The van der Waals surface area contributed by atoms with E-state index in [9.17, 15) is 14.9 Å². The molecule has 1 saturated heterocycles. The van der Waals surface area contributed by atoms with Crippen molar-refractivity contribution in [1.29, 1.82) is 0 Å². The smallest absolute Gasteiger partial charge is 0.328 e. The van der Waals surface area contributed by atoms with E-state index in [4.69, 9.17) is 4.74 Å². The van der Waals surface area contributed by atoms with Crippen LogP contribution in [0.3, 0.4) is 0 Å². The molecule has 2 rings (SSSR count). The van der Waals surface area contributed by atoms with Crippen LogP contribution in [-0.2, 0) is 9.53 Å². The number of carbonyl (C=O) groups is 1. The first-order valence-corrected chi connectivity index (χ1v) is 5.21. The van der Waals surface area contributed by atoms with Crippen LogP contribution in [0.4, 0.5) is 5.69 Å². The van der Waals surface area contributed by atoms with E-state index in [0.717, 1.165) is 0 Å². The van der Waals surface area contributed by atoms with Crippen LogP contribution in [0.5, 0.6) is 0 Å². The van der Waals surface area contributed by atoms with E-state index in [1.54, 1.807) is 12.1 Å². The number of esters is 1. The highest BCUT2D eigenvalue weighted by molar-refractivity contribution is 5.78. The number of hydrogen-bond donors (Lipinski definition) is 0. The Kier molecular flexibility index (Phi) is 3.06. The molecule has 0 amide bonds. The summed E-state index contributed by atoms with van der Waals surface area (Å²) in [7, 11) is 1.83. The fraction of sp³-hybridized carbons (Fsp3) is 0.364. The van der Waals surface area contributed by atoms with Gasteiger partial charge in [-0.15, -0.1) is 0 Å². The minimum Gasteiger partial charge on any atom is -0.463 e. The van der Waals surface area contributed by atoms with Gasteiger partial charge >= 0.3 is 5.97 Å². The van der Waals surface area contributed by atoms with Crippen molar-refractivity contribution in [2.45, 2.75) is 6.04 Å². The van der Waals surface area contributed by atoms with Crippen LogP contribution < -0.4 is 0 Å². The number of ether oxygens (including phenoxy) is 1. The Labute approximate surface area is 97.9 Å². The molecule has 0 aliphatic carbocycles. The molecule has 1 aromatic rings. The Morgan fingerprint density at radius 3 is 2.59 bits per heavy atom. The van der Waals surface area contributed by atoms with Crippen LogP contribution in [0.1, 0.15) is 11.6 Å². The zero-order valence-corrected chi connectivity index (χ0v) is 9.33. The third-order valence-corrected chi connectivity index (χ3v) is 2.77. The van der Waals surface area contributed by atoms with Gasteiger partial charge in [0.25, 0.3) is 5.69 Å². The minimum absolute atomic E-state index is 0.0144. The van der Waals surface area contributed by atoms with E-state index in [-0.39, 0.29) is 11.7 Å². The van der Waals surface area contributed by atoms with Crippen LogP contribution in [-0.4, -0.2) is 36.0 Å². The molecular weight excluding hydrogens is 224 g/mol. The molecule has 1 unspecified atom stereocenters. The molecule has 1 aliphatic rings. The normalized spacial score (nSPS) is 21.0. The summed E-state index contributed by atoms with van der Waals surface area (Å²) < 4.78 is 4.98. The van der Waals surface area contributed by atoms with Gasteiger partial charge in [-0.25, -0.2) is 4.79 Å². The Morgan fingerprint density at radius 1 is 1.41 bits per heavy atom. The van der Waals surface area contributed by atoms with Crippen molar-refractivity contribution < 1.29 is 14.5 Å². The average molecular weight is 236 g/mol. The summed E-state index contributed by atoms with van der Waals surface area (Å²) in [6.07, 6.45) is 0. The average Bonchev–Trinajstić information content (AvgIpc) is 2.29. The van der Waals surface area contributed by atoms with Crippen molar-refractivity contribution in [1.82, 2.24) is 4.90 Å².